The number of nitrogens with one attached hydrogen (secondary N) is 1. The van der Waals surface area contributed by atoms with E-state index in [0.717, 1.165) is 12.1 Å². The summed E-state index contributed by atoms with van der Waals surface area (Å²) in [6, 6.07) is 4.80. The van der Waals surface area contributed by atoms with Crippen LogP contribution in [0, 0.1) is 23.4 Å². The Kier molecular flexibility index (Phi) is 6.50. The highest BCUT2D eigenvalue weighted by molar-refractivity contribution is 7.89. The van der Waals surface area contributed by atoms with Gasteiger partial charge in [-0.05, 0) is 49.4 Å². The highest BCUT2D eigenvalue weighted by Crippen LogP contribution is 2.36. The van der Waals surface area contributed by atoms with Crippen molar-refractivity contribution in [3.63, 3.8) is 0 Å². The summed E-state index contributed by atoms with van der Waals surface area (Å²) in [5.74, 6) is -3.26. The molecular weight excluding hydrogens is 460 g/mol. The number of hydrogen-bond donors (Lipinski definition) is 1. The number of carbonyl (C=O) groups excluding carboxylic acids is 1. The average Bonchev–Trinajstić information content (AvgIpc) is 3.55. The van der Waals surface area contributed by atoms with E-state index >= 15 is 4.39 Å². The van der Waals surface area contributed by atoms with Crippen LogP contribution in [-0.2, 0) is 21.2 Å². The number of halogens is 4. The van der Waals surface area contributed by atoms with Gasteiger partial charge in [0, 0.05) is 17.5 Å². The van der Waals surface area contributed by atoms with Crippen molar-refractivity contribution in [2.24, 2.45) is 5.92 Å². The summed E-state index contributed by atoms with van der Waals surface area (Å²) in [5.41, 5.74) is 0.0350. The minimum Gasteiger partial charge on any atom is -0.334 e. The third kappa shape index (κ3) is 5.06. The number of sulfonamides is 1. The van der Waals surface area contributed by atoms with Crippen LogP contribution < -0.4 is 4.72 Å². The summed E-state index contributed by atoms with van der Waals surface area (Å²) < 4.78 is 84.4. The molecule has 33 heavy (non-hydrogen) atoms. The molecule has 1 aliphatic heterocycles. The zero-order valence-corrected chi connectivity index (χ0v) is 18.7. The lowest BCUT2D eigenvalue weighted by Crippen LogP contribution is -2.50. The Morgan fingerprint density at radius 2 is 1.79 bits per heavy atom. The fraction of sp³-hybridized carbons (Fsp3) is 0.435. The SMILES string of the molecule is CCS(=O)(=O)N[C@H]1[C@@H](F)CN(C(=O)C2CC2)[C@H]1Cc1cccc(-c2cc(F)cc(F)c2)c1F. The van der Waals surface area contributed by atoms with Crippen LogP contribution >= 0.6 is 0 Å². The lowest BCUT2D eigenvalue weighted by Gasteiger charge is -2.29. The number of alkyl halides is 1. The molecule has 2 aromatic rings. The van der Waals surface area contributed by atoms with Crippen molar-refractivity contribution < 1.29 is 30.8 Å². The first-order chi connectivity index (χ1) is 15.6. The number of benzene rings is 2. The predicted molar refractivity (Wildman–Crippen MR) is 115 cm³/mol. The van der Waals surface area contributed by atoms with Crippen molar-refractivity contribution in [3.05, 3.63) is 59.4 Å². The van der Waals surface area contributed by atoms with Crippen LogP contribution in [0.15, 0.2) is 36.4 Å². The van der Waals surface area contributed by atoms with E-state index < -0.39 is 45.7 Å². The van der Waals surface area contributed by atoms with Gasteiger partial charge in [0.2, 0.25) is 15.9 Å². The summed E-state index contributed by atoms with van der Waals surface area (Å²) >= 11 is 0. The summed E-state index contributed by atoms with van der Waals surface area (Å²) in [6.07, 6.45) is -0.450. The number of carbonyl (C=O) groups is 1. The van der Waals surface area contributed by atoms with E-state index in [1.165, 1.54) is 30.0 Å². The van der Waals surface area contributed by atoms with E-state index in [1.54, 1.807) is 0 Å². The topological polar surface area (TPSA) is 66.5 Å². The summed E-state index contributed by atoms with van der Waals surface area (Å²) in [6.45, 7) is 1.13. The number of nitrogens with zero attached hydrogens (tertiary/aromatic N) is 1. The van der Waals surface area contributed by atoms with Crippen molar-refractivity contribution in [2.75, 3.05) is 12.3 Å². The van der Waals surface area contributed by atoms with Crippen LogP contribution in [0.5, 0.6) is 0 Å². The first kappa shape index (κ1) is 23.7. The Morgan fingerprint density at radius 1 is 1.12 bits per heavy atom. The molecule has 3 atom stereocenters. The van der Waals surface area contributed by atoms with Gasteiger partial charge in [-0.1, -0.05) is 18.2 Å². The largest absolute Gasteiger partial charge is 0.334 e. The normalized spacial score (nSPS) is 23.2. The fourth-order valence-corrected chi connectivity index (χ4v) is 5.15. The minimum atomic E-state index is -3.79. The molecule has 0 radical (unpaired) electrons. The maximum atomic E-state index is 15.4. The van der Waals surface area contributed by atoms with Gasteiger partial charge in [-0.2, -0.15) is 0 Å². The zero-order chi connectivity index (χ0) is 23.9. The molecule has 2 aliphatic rings. The molecule has 1 saturated heterocycles. The molecule has 1 aliphatic carbocycles. The fourth-order valence-electron chi connectivity index (χ4n) is 4.27. The standard InChI is InChI=1S/C23H24F4N2O3S/c1-2-33(31,32)28-22-19(26)12-29(23(30)13-6-7-13)20(22)10-14-4-3-5-18(21(14)27)15-8-16(24)11-17(25)9-15/h3-5,8-9,11,13,19-20,22,28H,2,6-7,10,12H2,1H3/t19-,20-,22-/m0/s1. The smallest absolute Gasteiger partial charge is 0.226 e. The molecule has 2 aromatic carbocycles. The first-order valence-electron chi connectivity index (χ1n) is 10.8. The summed E-state index contributed by atoms with van der Waals surface area (Å²) in [4.78, 5) is 14.1. The van der Waals surface area contributed by atoms with Gasteiger partial charge in [0.25, 0.3) is 0 Å². The van der Waals surface area contributed by atoms with Crippen molar-refractivity contribution in [2.45, 2.75) is 44.4 Å². The predicted octanol–water partition coefficient (Wildman–Crippen LogP) is 3.58. The minimum absolute atomic E-state index is 0.00390. The second kappa shape index (κ2) is 9.06. The molecule has 4 rings (SSSR count). The zero-order valence-electron chi connectivity index (χ0n) is 17.9. The molecular formula is C23H24F4N2O3S. The Hall–Kier alpha value is -2.46. The molecule has 1 saturated carbocycles. The average molecular weight is 485 g/mol. The van der Waals surface area contributed by atoms with Crippen LogP contribution in [0.4, 0.5) is 17.6 Å². The van der Waals surface area contributed by atoms with Crippen molar-refractivity contribution in [1.82, 2.24) is 9.62 Å². The van der Waals surface area contributed by atoms with Crippen molar-refractivity contribution >= 4 is 15.9 Å². The van der Waals surface area contributed by atoms with Crippen LogP contribution in [0.1, 0.15) is 25.3 Å². The molecule has 0 spiro atoms. The third-order valence-electron chi connectivity index (χ3n) is 6.16. The number of rotatable bonds is 7. The van der Waals surface area contributed by atoms with E-state index in [-0.39, 0.29) is 47.2 Å². The molecule has 2 fully saturated rings. The van der Waals surface area contributed by atoms with Gasteiger partial charge in [0.15, 0.2) is 0 Å². The quantitative estimate of drug-likeness (QED) is 0.611. The van der Waals surface area contributed by atoms with Crippen LogP contribution in [0.25, 0.3) is 11.1 Å². The Labute approximate surface area is 189 Å². The van der Waals surface area contributed by atoms with E-state index in [0.29, 0.717) is 18.9 Å². The molecule has 178 valence electrons. The number of likely N-dealkylation sites (tertiary alicyclic amines) is 1. The lowest BCUT2D eigenvalue weighted by atomic mass is 9.95. The summed E-state index contributed by atoms with van der Waals surface area (Å²) in [7, 11) is -3.79. The van der Waals surface area contributed by atoms with Gasteiger partial charge in [-0.3, -0.25) is 4.79 Å². The van der Waals surface area contributed by atoms with Gasteiger partial charge >= 0.3 is 0 Å². The molecule has 1 amide bonds. The van der Waals surface area contributed by atoms with Gasteiger partial charge < -0.3 is 4.90 Å². The summed E-state index contributed by atoms with van der Waals surface area (Å²) in [5, 5.41) is 0. The highest BCUT2D eigenvalue weighted by Gasteiger charge is 2.48. The van der Waals surface area contributed by atoms with E-state index in [4.69, 9.17) is 0 Å². The maximum Gasteiger partial charge on any atom is 0.226 e. The van der Waals surface area contributed by atoms with Gasteiger partial charge in [0.05, 0.1) is 24.4 Å². The van der Waals surface area contributed by atoms with Crippen molar-refractivity contribution in [3.8, 4) is 11.1 Å². The van der Waals surface area contributed by atoms with Gasteiger partial charge in [-0.25, -0.2) is 30.7 Å². The van der Waals surface area contributed by atoms with E-state index in [2.05, 4.69) is 4.72 Å². The third-order valence-corrected chi connectivity index (χ3v) is 7.55. The molecule has 5 nitrogen and oxygen atoms in total. The molecule has 0 bridgehead atoms. The highest BCUT2D eigenvalue weighted by atomic mass is 32.2. The van der Waals surface area contributed by atoms with E-state index in [1.807, 2.05) is 0 Å². The Bertz CT molecular complexity index is 1150. The van der Waals surface area contributed by atoms with Gasteiger partial charge in [-0.15, -0.1) is 0 Å². The molecule has 1 N–H and O–H groups in total. The lowest BCUT2D eigenvalue weighted by molar-refractivity contribution is -0.133. The second-order valence-corrected chi connectivity index (χ2v) is 10.6. The monoisotopic (exact) mass is 484 g/mol. The van der Waals surface area contributed by atoms with Crippen LogP contribution in [0.3, 0.4) is 0 Å². The Balaban J connectivity index is 1.69. The molecule has 1 heterocycles. The molecule has 0 aromatic heterocycles. The van der Waals surface area contributed by atoms with Crippen LogP contribution in [0.2, 0.25) is 0 Å². The Morgan fingerprint density at radius 3 is 2.39 bits per heavy atom. The first-order valence-corrected chi connectivity index (χ1v) is 12.4. The molecule has 10 heteroatoms. The van der Waals surface area contributed by atoms with Crippen LogP contribution in [-0.4, -0.2) is 49.8 Å². The maximum absolute atomic E-state index is 15.4. The second-order valence-electron chi connectivity index (χ2n) is 8.54. The van der Waals surface area contributed by atoms with Gasteiger partial charge in [0.1, 0.15) is 23.6 Å². The number of amides is 1. The molecule has 0 unspecified atom stereocenters. The number of hydrogen-bond acceptors (Lipinski definition) is 3. The van der Waals surface area contributed by atoms with Crippen molar-refractivity contribution in [1.29, 1.82) is 0 Å². The van der Waals surface area contributed by atoms with E-state index in [9.17, 15) is 26.4 Å².